The van der Waals surface area contributed by atoms with Gasteiger partial charge < -0.3 is 9.30 Å². The molecule has 3 heterocycles. The van der Waals surface area contributed by atoms with Gasteiger partial charge in [-0.1, -0.05) is 30.9 Å². The van der Waals surface area contributed by atoms with Crippen molar-refractivity contribution in [2.24, 2.45) is 0 Å². The van der Waals surface area contributed by atoms with Crippen molar-refractivity contribution < 1.29 is 9.59 Å². The highest BCUT2D eigenvalue weighted by Gasteiger charge is 2.55. The Labute approximate surface area is 145 Å². The van der Waals surface area contributed by atoms with E-state index in [1.54, 1.807) is 24.2 Å². The van der Waals surface area contributed by atoms with Crippen LogP contribution in [0.25, 0.3) is 5.65 Å². The number of amides is 3. The number of likely N-dealkylation sites (N-methyl/N-ethyl adjacent to an activating group) is 1. The van der Waals surface area contributed by atoms with E-state index < -0.39 is 5.54 Å². The molecule has 6 nitrogen and oxygen atoms in total. The number of carbonyl (C=O) groups is 2. The van der Waals surface area contributed by atoms with Gasteiger partial charge in [-0.25, -0.2) is 9.78 Å². The lowest BCUT2D eigenvalue weighted by Gasteiger charge is -2.35. The zero-order chi connectivity index (χ0) is 16.9. The monoisotopic (exact) mass is 346 g/mol. The Bertz CT molecular complexity index is 825. The number of aromatic nitrogens is 2. The molecule has 126 valence electrons. The number of hydrogen-bond donors (Lipinski definition) is 0. The summed E-state index contributed by atoms with van der Waals surface area (Å²) < 4.78 is 1.81. The zero-order valence-corrected chi connectivity index (χ0v) is 14.3. The maximum absolute atomic E-state index is 13.0. The minimum atomic E-state index is -0.641. The molecule has 1 spiro atoms. The first-order valence-corrected chi connectivity index (χ1v) is 8.62. The number of pyridine rings is 1. The van der Waals surface area contributed by atoms with Crippen LogP contribution in [0, 0.1) is 0 Å². The smallest absolute Gasteiger partial charge is 0.313 e. The van der Waals surface area contributed by atoms with Crippen molar-refractivity contribution in [3.63, 3.8) is 0 Å². The molecule has 4 rings (SSSR count). The molecule has 0 atom stereocenters. The number of imidazole rings is 1. The Morgan fingerprint density at radius 2 is 1.92 bits per heavy atom. The van der Waals surface area contributed by atoms with Crippen LogP contribution in [0.5, 0.6) is 0 Å². The molecule has 1 saturated carbocycles. The van der Waals surface area contributed by atoms with Gasteiger partial charge in [0, 0.05) is 19.4 Å². The van der Waals surface area contributed by atoms with E-state index in [1.165, 1.54) is 4.90 Å². The number of fused-ring (bicyclic) bond motifs is 1. The van der Waals surface area contributed by atoms with Gasteiger partial charge in [0.1, 0.15) is 11.2 Å². The average Bonchev–Trinajstić information content (AvgIpc) is 3.05. The molecule has 2 aromatic heterocycles. The minimum absolute atomic E-state index is 0.0789. The van der Waals surface area contributed by atoms with Crippen molar-refractivity contribution in [1.82, 2.24) is 19.2 Å². The Hall–Kier alpha value is -2.08. The zero-order valence-electron chi connectivity index (χ0n) is 13.5. The molecule has 1 aliphatic heterocycles. The lowest BCUT2D eigenvalue weighted by molar-refractivity contribution is -0.134. The first-order valence-electron chi connectivity index (χ1n) is 8.24. The molecule has 7 heteroatoms. The Balaban J connectivity index is 1.63. The number of hydrogen-bond acceptors (Lipinski definition) is 3. The second kappa shape index (κ2) is 5.48. The average molecular weight is 347 g/mol. The van der Waals surface area contributed by atoms with Gasteiger partial charge in [0.05, 0.1) is 17.3 Å². The summed E-state index contributed by atoms with van der Waals surface area (Å²) >= 11 is 5.99. The number of halogens is 1. The Morgan fingerprint density at radius 1 is 1.17 bits per heavy atom. The van der Waals surface area contributed by atoms with Crippen molar-refractivity contribution in [3.8, 4) is 0 Å². The molecule has 0 bridgehead atoms. The summed E-state index contributed by atoms with van der Waals surface area (Å²) in [6.45, 7) is 0.197. The molecule has 0 aromatic carbocycles. The highest BCUT2D eigenvalue weighted by Crippen LogP contribution is 2.39. The highest BCUT2D eigenvalue weighted by molar-refractivity contribution is 6.30. The summed E-state index contributed by atoms with van der Waals surface area (Å²) in [5.74, 6) is -0.0789. The number of imide groups is 1. The van der Waals surface area contributed by atoms with Gasteiger partial charge in [0.25, 0.3) is 5.91 Å². The topological polar surface area (TPSA) is 57.9 Å². The van der Waals surface area contributed by atoms with Gasteiger partial charge in [0.15, 0.2) is 0 Å². The summed E-state index contributed by atoms with van der Waals surface area (Å²) in [7, 11) is 1.75. The molecule has 0 N–H and O–H groups in total. The second-order valence-electron chi connectivity index (χ2n) is 6.67. The molecule has 2 aromatic rings. The standard InChI is InChI=1S/C17H19ClN4O2/c1-20-16(24)22(15(23)17(20)7-3-2-4-8-17)11-13-10-21-9-12(18)5-6-14(21)19-13/h5-6,9-10H,2-4,7-8,11H2,1H3. The highest BCUT2D eigenvalue weighted by atomic mass is 35.5. The van der Waals surface area contributed by atoms with E-state index in [-0.39, 0.29) is 18.5 Å². The summed E-state index contributed by atoms with van der Waals surface area (Å²) in [6, 6.07) is 3.36. The maximum atomic E-state index is 13.0. The predicted molar refractivity (Wildman–Crippen MR) is 89.7 cm³/mol. The largest absolute Gasteiger partial charge is 0.327 e. The van der Waals surface area contributed by atoms with E-state index in [9.17, 15) is 9.59 Å². The van der Waals surface area contributed by atoms with Crippen LogP contribution in [0.2, 0.25) is 5.02 Å². The van der Waals surface area contributed by atoms with E-state index in [0.29, 0.717) is 10.7 Å². The molecule has 1 saturated heterocycles. The van der Waals surface area contributed by atoms with Gasteiger partial charge in [-0.15, -0.1) is 0 Å². The van der Waals surface area contributed by atoms with Crippen molar-refractivity contribution in [1.29, 1.82) is 0 Å². The molecule has 0 radical (unpaired) electrons. The van der Waals surface area contributed by atoms with Crippen LogP contribution in [-0.2, 0) is 11.3 Å². The third-order valence-electron chi connectivity index (χ3n) is 5.27. The van der Waals surface area contributed by atoms with Crippen molar-refractivity contribution in [2.75, 3.05) is 7.05 Å². The quantitative estimate of drug-likeness (QED) is 0.785. The van der Waals surface area contributed by atoms with Crippen LogP contribution < -0.4 is 0 Å². The predicted octanol–water partition coefficient (Wildman–Crippen LogP) is 3.08. The van der Waals surface area contributed by atoms with Gasteiger partial charge >= 0.3 is 6.03 Å². The van der Waals surface area contributed by atoms with E-state index in [0.717, 1.165) is 37.8 Å². The van der Waals surface area contributed by atoms with Crippen LogP contribution in [0.15, 0.2) is 24.5 Å². The molecular weight excluding hydrogens is 328 g/mol. The van der Waals surface area contributed by atoms with E-state index in [1.807, 2.05) is 16.7 Å². The fourth-order valence-corrected chi connectivity index (χ4v) is 4.09. The van der Waals surface area contributed by atoms with Crippen molar-refractivity contribution >= 4 is 29.2 Å². The van der Waals surface area contributed by atoms with Crippen LogP contribution >= 0.6 is 11.6 Å². The SMILES string of the molecule is CN1C(=O)N(Cc2cn3cc(Cl)ccc3n2)C(=O)C12CCCCC2. The molecular formula is C17H19ClN4O2. The van der Waals surface area contributed by atoms with Crippen molar-refractivity contribution in [2.45, 2.75) is 44.2 Å². The van der Waals surface area contributed by atoms with Crippen molar-refractivity contribution in [3.05, 3.63) is 35.2 Å². The van der Waals surface area contributed by atoms with Crippen LogP contribution in [0.3, 0.4) is 0 Å². The number of urea groups is 1. The lowest BCUT2D eigenvalue weighted by atomic mass is 9.81. The van der Waals surface area contributed by atoms with Gasteiger partial charge in [-0.2, -0.15) is 0 Å². The molecule has 3 amide bonds. The van der Waals surface area contributed by atoms with E-state index >= 15 is 0 Å². The normalized spacial score (nSPS) is 20.6. The van der Waals surface area contributed by atoms with Gasteiger partial charge in [-0.3, -0.25) is 9.69 Å². The molecule has 0 unspecified atom stereocenters. The third-order valence-corrected chi connectivity index (χ3v) is 5.49. The first-order chi connectivity index (χ1) is 11.5. The molecule has 24 heavy (non-hydrogen) atoms. The van der Waals surface area contributed by atoms with E-state index in [2.05, 4.69) is 4.98 Å². The van der Waals surface area contributed by atoms with Crippen LogP contribution in [0.4, 0.5) is 4.79 Å². The van der Waals surface area contributed by atoms with E-state index in [4.69, 9.17) is 11.6 Å². The Morgan fingerprint density at radius 3 is 2.67 bits per heavy atom. The number of nitrogens with zero attached hydrogens (tertiary/aromatic N) is 4. The fraction of sp³-hybridized carbons (Fsp3) is 0.471. The summed E-state index contributed by atoms with van der Waals surface area (Å²) in [4.78, 5) is 33.1. The van der Waals surface area contributed by atoms with Crippen LogP contribution in [-0.4, -0.2) is 43.7 Å². The number of carbonyl (C=O) groups excluding carboxylic acids is 2. The molecule has 2 aliphatic rings. The van der Waals surface area contributed by atoms with Gasteiger partial charge in [-0.05, 0) is 25.0 Å². The first kappa shape index (κ1) is 15.4. The summed E-state index contributed by atoms with van der Waals surface area (Å²) in [6.07, 6.45) is 8.19. The second-order valence-corrected chi connectivity index (χ2v) is 7.11. The van der Waals surface area contributed by atoms with Crippen LogP contribution in [0.1, 0.15) is 37.8 Å². The summed E-state index contributed by atoms with van der Waals surface area (Å²) in [5, 5.41) is 0.612. The molecule has 1 aliphatic carbocycles. The Kier molecular flexibility index (Phi) is 3.53. The maximum Gasteiger partial charge on any atom is 0.327 e. The lowest BCUT2D eigenvalue weighted by Crippen LogP contribution is -2.49. The number of rotatable bonds is 2. The minimum Gasteiger partial charge on any atom is -0.313 e. The molecule has 2 fully saturated rings. The third kappa shape index (κ3) is 2.20. The van der Waals surface area contributed by atoms with Gasteiger partial charge in [0.2, 0.25) is 0 Å². The fourth-order valence-electron chi connectivity index (χ4n) is 3.93. The summed E-state index contributed by atoms with van der Waals surface area (Å²) in [5.41, 5.74) is 0.784.